The molecule has 1 aliphatic heterocycles. The first-order valence-corrected chi connectivity index (χ1v) is 15.6. The maximum Gasteiger partial charge on any atom is 0.322 e. The summed E-state index contributed by atoms with van der Waals surface area (Å²) in [6.07, 6.45) is 3.21. The van der Waals surface area contributed by atoms with Gasteiger partial charge in [0.1, 0.15) is 0 Å². The van der Waals surface area contributed by atoms with Crippen LogP contribution in [0.5, 0.6) is 0 Å². The highest BCUT2D eigenvalue weighted by molar-refractivity contribution is 6.39. The van der Waals surface area contributed by atoms with Gasteiger partial charge >= 0.3 is 12.0 Å². The lowest BCUT2D eigenvalue weighted by Crippen LogP contribution is -2.50. The summed E-state index contributed by atoms with van der Waals surface area (Å²) in [7, 11) is 0. The van der Waals surface area contributed by atoms with Gasteiger partial charge in [-0.05, 0) is 74.8 Å². The summed E-state index contributed by atoms with van der Waals surface area (Å²) >= 11 is 13.1. The van der Waals surface area contributed by atoms with Crippen LogP contribution in [-0.4, -0.2) is 73.6 Å². The molecule has 2 aromatic rings. The highest BCUT2D eigenvalue weighted by Crippen LogP contribution is 2.33. The van der Waals surface area contributed by atoms with E-state index < -0.39 is 0 Å². The van der Waals surface area contributed by atoms with Crippen LogP contribution in [0.1, 0.15) is 58.4 Å². The van der Waals surface area contributed by atoms with Gasteiger partial charge < -0.3 is 25.2 Å². The predicted octanol–water partition coefficient (Wildman–Crippen LogP) is 6.64. The highest BCUT2D eigenvalue weighted by Gasteiger charge is 2.23. The van der Waals surface area contributed by atoms with Crippen molar-refractivity contribution in [2.45, 2.75) is 59.4 Å². The summed E-state index contributed by atoms with van der Waals surface area (Å²) in [5.74, 6) is -0.429. The first kappa shape index (κ1) is 33.5. The van der Waals surface area contributed by atoms with Crippen LogP contribution in [0, 0.1) is 0 Å². The van der Waals surface area contributed by atoms with Crippen LogP contribution in [0.4, 0.5) is 21.9 Å². The molecule has 3 rings (SSSR count). The molecule has 11 heteroatoms. The monoisotopic (exact) mass is 619 g/mol. The van der Waals surface area contributed by atoms with Crippen LogP contribution in [0.3, 0.4) is 0 Å². The fraction of sp³-hybridized carbons (Fsp3) is 0.516. The Labute approximate surface area is 259 Å². The molecule has 230 valence electrons. The van der Waals surface area contributed by atoms with E-state index >= 15 is 0 Å². The number of unbranched alkanes of at least 4 members (excludes halogenated alkanes) is 1. The lowest BCUT2D eigenvalue weighted by molar-refractivity contribution is -0.143. The summed E-state index contributed by atoms with van der Waals surface area (Å²) in [6, 6.07) is 11.1. The van der Waals surface area contributed by atoms with Crippen LogP contribution in [0.2, 0.25) is 10.0 Å². The van der Waals surface area contributed by atoms with E-state index in [1.54, 1.807) is 11.8 Å². The number of nitrogens with zero attached hydrogens (tertiary/aromatic N) is 3. The van der Waals surface area contributed by atoms with Gasteiger partial charge in [0.2, 0.25) is 5.91 Å². The zero-order valence-electron chi connectivity index (χ0n) is 24.9. The van der Waals surface area contributed by atoms with E-state index in [1.807, 2.05) is 36.4 Å². The van der Waals surface area contributed by atoms with E-state index in [4.69, 9.17) is 27.9 Å². The number of hydrogen-bond donors (Lipinski definition) is 2. The van der Waals surface area contributed by atoms with Crippen molar-refractivity contribution in [2.24, 2.45) is 0 Å². The van der Waals surface area contributed by atoms with Gasteiger partial charge in [0.05, 0.1) is 22.3 Å². The summed E-state index contributed by atoms with van der Waals surface area (Å²) in [4.78, 5) is 42.9. The molecule has 1 heterocycles. The molecule has 0 aliphatic carbocycles. The minimum Gasteiger partial charge on any atom is -0.466 e. The highest BCUT2D eigenvalue weighted by atomic mass is 35.5. The molecule has 0 unspecified atom stereocenters. The Morgan fingerprint density at radius 1 is 0.905 bits per heavy atom. The second-order valence-electron chi connectivity index (χ2n) is 10.3. The van der Waals surface area contributed by atoms with Gasteiger partial charge in [0.15, 0.2) is 0 Å². The molecule has 0 atom stereocenters. The third kappa shape index (κ3) is 10.4. The number of piperazine rings is 1. The Balaban J connectivity index is 1.47. The summed E-state index contributed by atoms with van der Waals surface area (Å²) in [5.41, 5.74) is 3.16. The van der Waals surface area contributed by atoms with E-state index in [9.17, 15) is 14.4 Å². The third-order valence-corrected chi connectivity index (χ3v) is 7.78. The number of carbonyl (C=O) groups is 3. The molecule has 9 nitrogen and oxygen atoms in total. The van der Waals surface area contributed by atoms with E-state index in [-0.39, 0.29) is 30.7 Å². The fourth-order valence-electron chi connectivity index (χ4n) is 4.78. The number of ether oxygens (including phenoxy) is 1. The van der Waals surface area contributed by atoms with Crippen molar-refractivity contribution < 1.29 is 19.1 Å². The normalized spacial score (nSPS) is 13.3. The minimum atomic E-state index is -0.286. The predicted molar refractivity (Wildman–Crippen MR) is 171 cm³/mol. The lowest BCUT2D eigenvalue weighted by Gasteiger charge is -2.36. The van der Waals surface area contributed by atoms with Crippen molar-refractivity contribution in [1.82, 2.24) is 9.80 Å². The topological polar surface area (TPSA) is 94.2 Å². The summed E-state index contributed by atoms with van der Waals surface area (Å²) < 4.78 is 4.88. The standard InChI is InChI=1S/C31H43Cl2N5O4/c1-4-7-15-36(5-2)22-23-20-26(32)30(27(33)21-23)35-31(41)38-18-16-37(17-19-38)25-13-11-24(12-14-25)34-28(39)9-8-10-29(40)42-6-3/h11-14,20-21H,4-10,15-19,22H2,1-3H3,(H,34,39)(H,35,41). The minimum absolute atomic E-state index is 0.142. The van der Waals surface area contributed by atoms with Crippen LogP contribution in [0.25, 0.3) is 0 Å². The van der Waals surface area contributed by atoms with Crippen LogP contribution in [-0.2, 0) is 20.9 Å². The number of esters is 1. The molecule has 2 N–H and O–H groups in total. The summed E-state index contributed by atoms with van der Waals surface area (Å²) in [6.45, 7) is 11.6. The van der Waals surface area contributed by atoms with Gasteiger partial charge in [-0.25, -0.2) is 4.79 Å². The molecule has 42 heavy (non-hydrogen) atoms. The Morgan fingerprint density at radius 2 is 1.57 bits per heavy atom. The van der Waals surface area contributed by atoms with E-state index in [2.05, 4.69) is 34.3 Å². The molecular formula is C31H43Cl2N5O4. The largest absolute Gasteiger partial charge is 0.466 e. The second kappa shape index (κ2) is 17.2. The van der Waals surface area contributed by atoms with Crippen LogP contribution in [0.15, 0.2) is 36.4 Å². The SMILES string of the molecule is CCCCN(CC)Cc1cc(Cl)c(NC(=O)N2CCN(c3ccc(NC(=O)CCCC(=O)OCC)cc3)CC2)c(Cl)c1. The molecular weight excluding hydrogens is 577 g/mol. The molecule has 0 radical (unpaired) electrons. The maximum atomic E-state index is 13.0. The van der Waals surface area contributed by atoms with Crippen molar-refractivity contribution in [3.63, 3.8) is 0 Å². The number of benzene rings is 2. The Morgan fingerprint density at radius 3 is 2.17 bits per heavy atom. The number of halogens is 2. The number of nitrogens with one attached hydrogen (secondary N) is 2. The van der Waals surface area contributed by atoms with Crippen LogP contribution < -0.4 is 15.5 Å². The van der Waals surface area contributed by atoms with Crippen LogP contribution >= 0.6 is 23.2 Å². The first-order valence-electron chi connectivity index (χ1n) is 14.8. The summed E-state index contributed by atoms with van der Waals surface area (Å²) in [5, 5.41) is 6.64. The second-order valence-corrected chi connectivity index (χ2v) is 11.1. The number of amides is 3. The number of urea groups is 1. The molecule has 1 aliphatic rings. The Hall–Kier alpha value is -3.01. The van der Waals surface area contributed by atoms with Gasteiger partial charge in [-0.3, -0.25) is 14.5 Å². The molecule has 1 saturated heterocycles. The molecule has 0 aromatic heterocycles. The zero-order valence-corrected chi connectivity index (χ0v) is 26.4. The fourth-order valence-corrected chi connectivity index (χ4v) is 5.41. The average Bonchev–Trinajstić information content (AvgIpc) is 2.97. The van der Waals surface area contributed by atoms with Gasteiger partial charge in [-0.2, -0.15) is 0 Å². The van der Waals surface area contributed by atoms with E-state index in [1.165, 1.54) is 0 Å². The zero-order chi connectivity index (χ0) is 30.5. The van der Waals surface area contributed by atoms with Crippen molar-refractivity contribution in [1.29, 1.82) is 0 Å². The first-order chi connectivity index (χ1) is 20.2. The van der Waals surface area contributed by atoms with Gasteiger partial charge in [0, 0.05) is 56.9 Å². The molecule has 0 saturated carbocycles. The van der Waals surface area contributed by atoms with Gasteiger partial charge in [-0.1, -0.05) is 43.5 Å². The quantitative estimate of drug-likeness (QED) is 0.230. The Bertz CT molecular complexity index is 1160. The van der Waals surface area contributed by atoms with Crippen molar-refractivity contribution in [3.05, 3.63) is 52.0 Å². The van der Waals surface area contributed by atoms with Gasteiger partial charge in [-0.15, -0.1) is 0 Å². The smallest absolute Gasteiger partial charge is 0.322 e. The van der Waals surface area contributed by atoms with E-state index in [0.29, 0.717) is 60.6 Å². The molecule has 3 amide bonds. The van der Waals surface area contributed by atoms with Gasteiger partial charge in [0.25, 0.3) is 0 Å². The third-order valence-electron chi connectivity index (χ3n) is 7.19. The molecule has 2 aromatic carbocycles. The number of anilines is 3. The number of hydrogen-bond acceptors (Lipinski definition) is 6. The van der Waals surface area contributed by atoms with Crippen molar-refractivity contribution in [3.8, 4) is 0 Å². The Kier molecular flexibility index (Phi) is 13.7. The molecule has 1 fully saturated rings. The van der Waals surface area contributed by atoms with Crippen molar-refractivity contribution in [2.75, 3.05) is 61.4 Å². The number of carbonyl (C=O) groups excluding carboxylic acids is 3. The molecule has 0 spiro atoms. The molecule has 0 bridgehead atoms. The average molecular weight is 621 g/mol. The lowest BCUT2D eigenvalue weighted by atomic mass is 10.1. The number of rotatable bonds is 14. The van der Waals surface area contributed by atoms with Crippen molar-refractivity contribution >= 4 is 58.2 Å². The van der Waals surface area contributed by atoms with E-state index in [0.717, 1.165) is 43.7 Å². The maximum absolute atomic E-state index is 13.0.